The molecule has 0 aromatic carbocycles. The average molecular weight is 195 g/mol. The van der Waals surface area contributed by atoms with Crippen molar-refractivity contribution in [2.24, 2.45) is 0 Å². The van der Waals surface area contributed by atoms with Crippen LogP contribution in [0, 0.1) is 0 Å². The van der Waals surface area contributed by atoms with Crippen LogP contribution in [0.1, 0.15) is 26.0 Å². The molecule has 0 unspecified atom stereocenters. The Balaban J connectivity index is 2.43. The second-order valence-electron chi connectivity index (χ2n) is 3.27. The smallest absolute Gasteiger partial charge is 0.146 e. The van der Waals surface area contributed by atoms with E-state index in [0.29, 0.717) is 13.0 Å². The van der Waals surface area contributed by atoms with E-state index in [1.807, 2.05) is 26.0 Å². The van der Waals surface area contributed by atoms with Gasteiger partial charge in [0.25, 0.3) is 0 Å². The van der Waals surface area contributed by atoms with Gasteiger partial charge in [-0.3, -0.25) is 9.69 Å². The molecule has 1 aromatic heterocycles. The van der Waals surface area contributed by atoms with Crippen LogP contribution >= 0.6 is 0 Å². The van der Waals surface area contributed by atoms with Crippen molar-refractivity contribution < 1.29 is 9.21 Å². The molecule has 0 amide bonds. The lowest BCUT2D eigenvalue weighted by molar-refractivity contribution is -0.120. The molecule has 0 spiro atoms. The highest BCUT2D eigenvalue weighted by molar-refractivity contribution is 5.80. The lowest BCUT2D eigenvalue weighted by atomic mass is 10.3. The molecular formula is C11H17NO2. The third kappa shape index (κ3) is 3.34. The van der Waals surface area contributed by atoms with Crippen molar-refractivity contribution in [3.05, 3.63) is 24.2 Å². The molecule has 0 atom stereocenters. The molecule has 1 heterocycles. The summed E-state index contributed by atoms with van der Waals surface area (Å²) in [5.41, 5.74) is 0. The van der Waals surface area contributed by atoms with Crippen molar-refractivity contribution in [2.75, 3.05) is 13.1 Å². The van der Waals surface area contributed by atoms with E-state index in [4.69, 9.17) is 4.42 Å². The lowest BCUT2D eigenvalue weighted by Gasteiger charge is -2.17. The first kappa shape index (κ1) is 11.0. The van der Waals surface area contributed by atoms with Gasteiger partial charge < -0.3 is 4.42 Å². The van der Waals surface area contributed by atoms with Crippen LogP contribution in [0.15, 0.2) is 22.8 Å². The van der Waals surface area contributed by atoms with Gasteiger partial charge in [0.2, 0.25) is 0 Å². The number of hydrogen-bond donors (Lipinski definition) is 0. The molecule has 0 saturated heterocycles. The van der Waals surface area contributed by atoms with E-state index >= 15 is 0 Å². The fourth-order valence-electron chi connectivity index (χ4n) is 1.26. The molecule has 78 valence electrons. The van der Waals surface area contributed by atoms with Crippen molar-refractivity contribution in [1.82, 2.24) is 4.90 Å². The maximum absolute atomic E-state index is 11.2. The molecule has 3 heteroatoms. The molecule has 3 nitrogen and oxygen atoms in total. The van der Waals surface area contributed by atoms with Gasteiger partial charge in [-0.25, -0.2) is 0 Å². The van der Waals surface area contributed by atoms with Crippen LogP contribution < -0.4 is 0 Å². The Hall–Kier alpha value is -1.09. The molecule has 0 aliphatic heterocycles. The minimum atomic E-state index is 0.276. The SMILES string of the molecule is CCC(=O)CN(CC)Cc1ccco1. The maximum atomic E-state index is 11.2. The van der Waals surface area contributed by atoms with Crippen LogP contribution in [-0.4, -0.2) is 23.8 Å². The molecule has 1 aromatic rings. The van der Waals surface area contributed by atoms with Crippen LogP contribution in [0.3, 0.4) is 0 Å². The first-order chi connectivity index (χ1) is 6.76. The summed E-state index contributed by atoms with van der Waals surface area (Å²) in [6.45, 7) is 6.05. The summed E-state index contributed by atoms with van der Waals surface area (Å²) in [5, 5.41) is 0. The minimum Gasteiger partial charge on any atom is -0.468 e. The summed E-state index contributed by atoms with van der Waals surface area (Å²) >= 11 is 0. The summed E-state index contributed by atoms with van der Waals surface area (Å²) in [6.07, 6.45) is 2.26. The van der Waals surface area contributed by atoms with Crippen LogP contribution in [0.5, 0.6) is 0 Å². The largest absolute Gasteiger partial charge is 0.468 e. The monoisotopic (exact) mass is 195 g/mol. The molecule has 14 heavy (non-hydrogen) atoms. The van der Waals surface area contributed by atoms with Gasteiger partial charge in [0.15, 0.2) is 0 Å². The highest BCUT2D eigenvalue weighted by Crippen LogP contribution is 2.05. The van der Waals surface area contributed by atoms with Crippen molar-refractivity contribution in [1.29, 1.82) is 0 Å². The Labute approximate surface area is 84.7 Å². The fraction of sp³-hybridized carbons (Fsp3) is 0.545. The standard InChI is InChI=1S/C11H17NO2/c1-3-10(13)8-12(4-2)9-11-6-5-7-14-11/h5-7H,3-4,8-9H2,1-2H3. The van der Waals surface area contributed by atoms with Crippen LogP contribution in [0.2, 0.25) is 0 Å². The van der Waals surface area contributed by atoms with Crippen molar-refractivity contribution in [3.8, 4) is 0 Å². The Morgan fingerprint density at radius 2 is 2.29 bits per heavy atom. The molecular weight excluding hydrogens is 178 g/mol. The van der Waals surface area contributed by atoms with Crippen molar-refractivity contribution in [2.45, 2.75) is 26.8 Å². The van der Waals surface area contributed by atoms with E-state index in [2.05, 4.69) is 4.90 Å². The van der Waals surface area contributed by atoms with Crippen LogP contribution in [0.25, 0.3) is 0 Å². The molecule has 0 bridgehead atoms. The first-order valence-corrected chi connectivity index (χ1v) is 5.02. The molecule has 0 aliphatic carbocycles. The second kappa shape index (κ2) is 5.60. The van der Waals surface area contributed by atoms with Crippen molar-refractivity contribution in [3.63, 3.8) is 0 Å². The molecule has 1 rings (SSSR count). The van der Waals surface area contributed by atoms with Gasteiger partial charge in [-0.2, -0.15) is 0 Å². The number of carbonyl (C=O) groups is 1. The molecule has 0 radical (unpaired) electrons. The predicted octanol–water partition coefficient (Wildman–Crippen LogP) is 2.08. The fourth-order valence-corrected chi connectivity index (χ4v) is 1.26. The normalized spacial score (nSPS) is 10.8. The van der Waals surface area contributed by atoms with Gasteiger partial charge in [0.1, 0.15) is 11.5 Å². The first-order valence-electron chi connectivity index (χ1n) is 5.02. The number of ketones is 1. The minimum absolute atomic E-state index is 0.276. The third-order valence-electron chi connectivity index (χ3n) is 2.20. The number of Topliss-reactive ketones (excluding diaryl/α,β-unsaturated/α-hetero) is 1. The highest BCUT2D eigenvalue weighted by Gasteiger charge is 2.08. The topological polar surface area (TPSA) is 33.5 Å². The highest BCUT2D eigenvalue weighted by atomic mass is 16.3. The molecule has 0 aliphatic rings. The number of furan rings is 1. The number of carbonyl (C=O) groups excluding carboxylic acids is 1. The molecule has 0 fully saturated rings. The van der Waals surface area contributed by atoms with Gasteiger partial charge in [0, 0.05) is 6.42 Å². The molecule has 0 N–H and O–H groups in total. The van der Waals surface area contributed by atoms with Gasteiger partial charge in [-0.1, -0.05) is 13.8 Å². The number of nitrogens with zero attached hydrogens (tertiary/aromatic N) is 1. The second-order valence-corrected chi connectivity index (χ2v) is 3.27. The van der Waals surface area contributed by atoms with E-state index in [9.17, 15) is 4.79 Å². The van der Waals surface area contributed by atoms with Crippen LogP contribution in [0.4, 0.5) is 0 Å². The Morgan fingerprint density at radius 3 is 2.79 bits per heavy atom. The summed E-state index contributed by atoms with van der Waals surface area (Å²) in [7, 11) is 0. The quantitative estimate of drug-likeness (QED) is 0.696. The Morgan fingerprint density at radius 1 is 1.50 bits per heavy atom. The van der Waals surface area contributed by atoms with E-state index in [1.165, 1.54) is 0 Å². The van der Waals surface area contributed by atoms with Gasteiger partial charge in [-0.15, -0.1) is 0 Å². The van der Waals surface area contributed by atoms with Crippen LogP contribution in [-0.2, 0) is 11.3 Å². The maximum Gasteiger partial charge on any atom is 0.146 e. The predicted molar refractivity (Wildman–Crippen MR) is 55.0 cm³/mol. The zero-order chi connectivity index (χ0) is 10.4. The van der Waals surface area contributed by atoms with Gasteiger partial charge in [0.05, 0.1) is 19.4 Å². The lowest BCUT2D eigenvalue weighted by Crippen LogP contribution is -2.28. The number of hydrogen-bond acceptors (Lipinski definition) is 3. The zero-order valence-corrected chi connectivity index (χ0v) is 8.82. The van der Waals surface area contributed by atoms with E-state index in [1.54, 1.807) is 6.26 Å². The third-order valence-corrected chi connectivity index (χ3v) is 2.20. The number of likely N-dealkylation sites (N-methyl/N-ethyl adjacent to an activating group) is 1. The Kier molecular flexibility index (Phi) is 4.40. The van der Waals surface area contributed by atoms with Gasteiger partial charge in [-0.05, 0) is 18.7 Å². The summed E-state index contributed by atoms with van der Waals surface area (Å²) < 4.78 is 5.23. The summed E-state index contributed by atoms with van der Waals surface area (Å²) in [6, 6.07) is 3.80. The summed E-state index contributed by atoms with van der Waals surface area (Å²) in [5.74, 6) is 1.19. The van der Waals surface area contributed by atoms with Crippen molar-refractivity contribution >= 4 is 5.78 Å². The average Bonchev–Trinajstić information content (AvgIpc) is 2.69. The number of rotatable bonds is 6. The zero-order valence-electron chi connectivity index (χ0n) is 8.82. The van der Waals surface area contributed by atoms with E-state index in [-0.39, 0.29) is 5.78 Å². The van der Waals surface area contributed by atoms with Gasteiger partial charge >= 0.3 is 0 Å². The van der Waals surface area contributed by atoms with E-state index in [0.717, 1.165) is 18.8 Å². The Bertz CT molecular complexity index is 267. The summed E-state index contributed by atoms with van der Waals surface area (Å²) in [4.78, 5) is 13.3. The molecule has 0 saturated carbocycles. The van der Waals surface area contributed by atoms with E-state index < -0.39 is 0 Å².